The molecule has 1 aromatic rings. The van der Waals surface area contributed by atoms with Crippen LogP contribution in [0.1, 0.15) is 12.0 Å². The second-order valence-corrected chi connectivity index (χ2v) is 4.03. The smallest absolute Gasteiger partial charge is 0.307 e. The molecule has 6 heteroatoms. The molecule has 0 radical (unpaired) electrons. The van der Waals surface area contributed by atoms with Gasteiger partial charge in [-0.3, -0.25) is 9.59 Å². The van der Waals surface area contributed by atoms with Gasteiger partial charge in [-0.25, -0.2) is 0 Å². The largest absolute Gasteiger partial charge is 0.461 e. The summed E-state index contributed by atoms with van der Waals surface area (Å²) in [6, 6.07) is 8.64. The Morgan fingerprint density at radius 1 is 1.26 bits per heavy atom. The molecule has 0 aliphatic rings. The molecule has 0 spiro atoms. The van der Waals surface area contributed by atoms with Crippen molar-refractivity contribution in [3.63, 3.8) is 0 Å². The highest BCUT2D eigenvalue weighted by Gasteiger charge is 2.11. The summed E-state index contributed by atoms with van der Waals surface area (Å²) in [5, 5.41) is 2.52. The van der Waals surface area contributed by atoms with E-state index in [0.29, 0.717) is 0 Å². The van der Waals surface area contributed by atoms with E-state index in [1.807, 2.05) is 30.3 Å². The monoisotopic (exact) mass is 265 g/mol. The summed E-state index contributed by atoms with van der Waals surface area (Å²) in [6.45, 7) is 0.500. The lowest BCUT2D eigenvalue weighted by molar-refractivity contribution is -0.144. The Morgan fingerprint density at radius 2 is 1.95 bits per heavy atom. The Kier molecular flexibility index (Phi) is 6.56. The molecule has 0 aromatic heterocycles. The van der Waals surface area contributed by atoms with E-state index >= 15 is 0 Å². The predicted molar refractivity (Wildman–Crippen MR) is 70.9 cm³/mol. The third-order valence-electron chi connectivity index (χ3n) is 2.46. The van der Waals surface area contributed by atoms with Gasteiger partial charge in [0.05, 0.1) is 12.5 Å². The quantitative estimate of drug-likeness (QED) is 0.577. The number of nitrogens with one attached hydrogen (secondary N) is 1. The Bertz CT molecular complexity index is 409. The zero-order valence-corrected chi connectivity index (χ0v) is 10.7. The average molecular weight is 265 g/mol. The Morgan fingerprint density at radius 3 is 2.58 bits per heavy atom. The van der Waals surface area contributed by atoms with Gasteiger partial charge in [-0.2, -0.15) is 0 Å². The topological polar surface area (TPSA) is 107 Å². The summed E-state index contributed by atoms with van der Waals surface area (Å²) in [4.78, 5) is 22.7. The van der Waals surface area contributed by atoms with Crippen LogP contribution in [0.25, 0.3) is 0 Å². The fourth-order valence-corrected chi connectivity index (χ4v) is 1.34. The molecule has 0 bridgehead atoms. The second kappa shape index (κ2) is 8.23. The van der Waals surface area contributed by atoms with Crippen LogP contribution in [-0.2, 0) is 20.9 Å². The Balaban J connectivity index is 2.17. The molecular weight excluding hydrogens is 246 g/mol. The highest BCUT2D eigenvalue weighted by molar-refractivity contribution is 5.82. The van der Waals surface area contributed by atoms with Gasteiger partial charge < -0.3 is 21.5 Å². The summed E-state index contributed by atoms with van der Waals surface area (Å²) in [7, 11) is 0. The molecule has 0 fully saturated rings. The van der Waals surface area contributed by atoms with E-state index in [0.717, 1.165) is 5.56 Å². The average Bonchev–Trinajstić information content (AvgIpc) is 2.45. The number of rotatable bonds is 7. The van der Waals surface area contributed by atoms with Crippen LogP contribution in [0.15, 0.2) is 30.3 Å². The number of hydrogen-bond acceptors (Lipinski definition) is 5. The van der Waals surface area contributed by atoms with E-state index in [4.69, 9.17) is 16.2 Å². The minimum Gasteiger partial charge on any atom is -0.461 e. The molecule has 0 heterocycles. The van der Waals surface area contributed by atoms with Gasteiger partial charge in [-0.05, 0) is 5.56 Å². The lowest BCUT2D eigenvalue weighted by Crippen LogP contribution is -2.45. The number of nitrogens with two attached hydrogens (primary N) is 2. The zero-order valence-electron chi connectivity index (χ0n) is 10.7. The van der Waals surface area contributed by atoms with Crippen LogP contribution in [0.3, 0.4) is 0 Å². The van der Waals surface area contributed by atoms with Gasteiger partial charge in [0.1, 0.15) is 6.61 Å². The fraction of sp³-hybridized carbons (Fsp3) is 0.385. The SMILES string of the molecule is NC[C@H](N)C(=O)NCCC(=O)OCc1ccccc1. The van der Waals surface area contributed by atoms with E-state index < -0.39 is 6.04 Å². The van der Waals surface area contributed by atoms with Gasteiger partial charge >= 0.3 is 5.97 Å². The maximum Gasteiger partial charge on any atom is 0.307 e. The third kappa shape index (κ3) is 5.98. The van der Waals surface area contributed by atoms with Gasteiger partial charge in [0.15, 0.2) is 0 Å². The van der Waals surface area contributed by atoms with Crippen molar-refractivity contribution in [3.8, 4) is 0 Å². The van der Waals surface area contributed by atoms with E-state index in [1.54, 1.807) is 0 Å². The summed E-state index contributed by atoms with van der Waals surface area (Å²) in [6.07, 6.45) is 0.107. The van der Waals surface area contributed by atoms with Crippen LogP contribution in [-0.4, -0.2) is 31.0 Å². The molecule has 0 unspecified atom stereocenters. The highest BCUT2D eigenvalue weighted by Crippen LogP contribution is 2.01. The van der Waals surface area contributed by atoms with Gasteiger partial charge in [-0.15, -0.1) is 0 Å². The first-order valence-electron chi connectivity index (χ1n) is 6.06. The van der Waals surface area contributed by atoms with Gasteiger partial charge in [0, 0.05) is 13.1 Å². The van der Waals surface area contributed by atoms with Crippen molar-refractivity contribution in [1.29, 1.82) is 0 Å². The van der Waals surface area contributed by atoms with Gasteiger partial charge in [0.25, 0.3) is 0 Å². The van der Waals surface area contributed by atoms with Gasteiger partial charge in [-0.1, -0.05) is 30.3 Å². The maximum absolute atomic E-state index is 11.4. The summed E-state index contributed by atoms with van der Waals surface area (Å²) >= 11 is 0. The molecule has 19 heavy (non-hydrogen) atoms. The Labute approximate surface area is 112 Å². The normalized spacial score (nSPS) is 11.7. The van der Waals surface area contributed by atoms with Crippen molar-refractivity contribution >= 4 is 11.9 Å². The van der Waals surface area contributed by atoms with Crippen molar-refractivity contribution in [2.24, 2.45) is 11.5 Å². The first kappa shape index (κ1) is 15.1. The molecule has 1 aromatic carbocycles. The molecule has 0 saturated heterocycles. The number of ether oxygens (including phenoxy) is 1. The highest BCUT2D eigenvalue weighted by atomic mass is 16.5. The van der Waals surface area contributed by atoms with Crippen molar-refractivity contribution < 1.29 is 14.3 Å². The number of benzene rings is 1. The van der Waals surface area contributed by atoms with Crippen molar-refractivity contribution in [2.75, 3.05) is 13.1 Å². The lowest BCUT2D eigenvalue weighted by atomic mass is 10.2. The van der Waals surface area contributed by atoms with E-state index in [-0.39, 0.29) is 38.0 Å². The molecule has 0 aliphatic carbocycles. The van der Waals surface area contributed by atoms with Crippen LogP contribution in [0.5, 0.6) is 0 Å². The molecule has 5 N–H and O–H groups in total. The standard InChI is InChI=1S/C13H19N3O3/c14-8-11(15)13(18)16-7-6-12(17)19-9-10-4-2-1-3-5-10/h1-5,11H,6-9,14-15H2,(H,16,18)/t11-/m0/s1. The minimum atomic E-state index is -0.736. The molecule has 1 amide bonds. The first-order valence-corrected chi connectivity index (χ1v) is 6.06. The van der Waals surface area contributed by atoms with Gasteiger partial charge in [0.2, 0.25) is 5.91 Å². The molecule has 6 nitrogen and oxygen atoms in total. The summed E-state index contributed by atoms with van der Waals surface area (Å²) in [5.41, 5.74) is 11.6. The minimum absolute atomic E-state index is 0.0737. The first-order chi connectivity index (χ1) is 9.13. The lowest BCUT2D eigenvalue weighted by Gasteiger charge is -2.09. The van der Waals surface area contributed by atoms with Crippen LogP contribution >= 0.6 is 0 Å². The summed E-state index contributed by atoms with van der Waals surface area (Å²) < 4.78 is 5.05. The van der Waals surface area contributed by atoms with Crippen molar-refractivity contribution in [1.82, 2.24) is 5.32 Å². The van der Waals surface area contributed by atoms with Crippen LogP contribution in [0, 0.1) is 0 Å². The molecule has 1 rings (SSSR count). The predicted octanol–water partition coefficient (Wildman–Crippen LogP) is -0.478. The van der Waals surface area contributed by atoms with Crippen molar-refractivity contribution in [3.05, 3.63) is 35.9 Å². The Hall–Kier alpha value is -1.92. The molecular formula is C13H19N3O3. The summed E-state index contributed by atoms with van der Waals surface area (Å²) in [5.74, 6) is -0.733. The number of esters is 1. The zero-order chi connectivity index (χ0) is 14.1. The van der Waals surface area contributed by atoms with Crippen LogP contribution < -0.4 is 16.8 Å². The number of carbonyl (C=O) groups excluding carboxylic acids is 2. The molecule has 0 saturated carbocycles. The van der Waals surface area contributed by atoms with Crippen molar-refractivity contribution in [2.45, 2.75) is 19.1 Å². The third-order valence-corrected chi connectivity index (χ3v) is 2.46. The van der Waals surface area contributed by atoms with E-state index in [2.05, 4.69) is 5.32 Å². The number of hydrogen-bond donors (Lipinski definition) is 3. The molecule has 0 aliphatic heterocycles. The van der Waals surface area contributed by atoms with Crippen LogP contribution in [0.4, 0.5) is 0 Å². The van der Waals surface area contributed by atoms with Crippen LogP contribution in [0.2, 0.25) is 0 Å². The van der Waals surface area contributed by atoms with E-state index in [1.165, 1.54) is 0 Å². The molecule has 104 valence electrons. The number of amides is 1. The molecule has 1 atom stereocenters. The maximum atomic E-state index is 11.4. The second-order valence-electron chi connectivity index (χ2n) is 4.03. The fourth-order valence-electron chi connectivity index (χ4n) is 1.34. The number of carbonyl (C=O) groups is 2. The van der Waals surface area contributed by atoms with E-state index in [9.17, 15) is 9.59 Å².